The third kappa shape index (κ3) is 3.85. The van der Waals surface area contributed by atoms with Crippen LogP contribution in [0, 0.1) is 29.1 Å². The Labute approximate surface area is 92.3 Å². The Bertz CT molecular complexity index is 221. The Hall–Kier alpha value is -0.525. The highest BCUT2D eigenvalue weighted by Crippen LogP contribution is 2.34. The lowest BCUT2D eigenvalue weighted by Crippen LogP contribution is -2.26. The van der Waals surface area contributed by atoms with Crippen molar-refractivity contribution in [3.05, 3.63) is 0 Å². The molecular formula is C11H20BNO2. The van der Waals surface area contributed by atoms with Crippen molar-refractivity contribution in [1.29, 1.82) is 5.26 Å². The molecule has 1 fully saturated rings. The van der Waals surface area contributed by atoms with Crippen LogP contribution in [0.4, 0.5) is 0 Å². The van der Waals surface area contributed by atoms with Crippen LogP contribution in [0.3, 0.4) is 0 Å². The average Bonchev–Trinajstić information content (AvgIpc) is 2.26. The van der Waals surface area contributed by atoms with Gasteiger partial charge in [0.2, 0.25) is 0 Å². The molecule has 1 saturated carbocycles. The standard InChI is InChI=1S/C11H20BNO2/c1-9(10-5-3-2-4-6-10)11(8-13)7-12(14)15/h9-11,14-15H,2-7H2,1H3. The fourth-order valence-electron chi connectivity index (χ4n) is 2.60. The minimum absolute atomic E-state index is 0.189. The van der Waals surface area contributed by atoms with Gasteiger partial charge in [0.1, 0.15) is 0 Å². The Morgan fingerprint density at radius 3 is 2.40 bits per heavy atom. The Morgan fingerprint density at radius 1 is 1.33 bits per heavy atom. The molecule has 2 unspecified atom stereocenters. The summed E-state index contributed by atoms with van der Waals surface area (Å²) in [6, 6.07) is 2.21. The lowest BCUT2D eigenvalue weighted by atomic mass is 9.68. The molecule has 3 nitrogen and oxygen atoms in total. The van der Waals surface area contributed by atoms with Crippen LogP contribution in [0.5, 0.6) is 0 Å². The van der Waals surface area contributed by atoms with Gasteiger partial charge in [-0.1, -0.05) is 39.0 Å². The molecule has 0 aliphatic heterocycles. The highest BCUT2D eigenvalue weighted by molar-refractivity contribution is 6.41. The third-order valence-corrected chi connectivity index (χ3v) is 3.66. The van der Waals surface area contributed by atoms with Gasteiger partial charge in [-0.25, -0.2) is 0 Å². The third-order valence-electron chi connectivity index (χ3n) is 3.66. The van der Waals surface area contributed by atoms with E-state index in [4.69, 9.17) is 15.3 Å². The van der Waals surface area contributed by atoms with Gasteiger partial charge in [0.05, 0.1) is 6.07 Å². The summed E-state index contributed by atoms with van der Waals surface area (Å²) in [7, 11) is -1.35. The number of hydrogen-bond donors (Lipinski definition) is 2. The van der Waals surface area contributed by atoms with Crippen LogP contribution in [0.1, 0.15) is 39.0 Å². The van der Waals surface area contributed by atoms with Crippen molar-refractivity contribution in [1.82, 2.24) is 0 Å². The molecule has 0 amide bonds. The summed E-state index contributed by atoms with van der Waals surface area (Å²) >= 11 is 0. The maximum atomic E-state index is 9.00. The van der Waals surface area contributed by atoms with E-state index in [0.29, 0.717) is 5.92 Å². The van der Waals surface area contributed by atoms with Crippen molar-refractivity contribution in [2.45, 2.75) is 45.3 Å². The van der Waals surface area contributed by atoms with Crippen LogP contribution in [-0.2, 0) is 0 Å². The first-order chi connectivity index (χ1) is 7.15. The minimum Gasteiger partial charge on any atom is -0.427 e. The average molecular weight is 209 g/mol. The number of nitriles is 1. The van der Waals surface area contributed by atoms with Gasteiger partial charge in [-0.3, -0.25) is 0 Å². The number of hydrogen-bond acceptors (Lipinski definition) is 3. The Morgan fingerprint density at radius 2 is 1.93 bits per heavy atom. The van der Waals surface area contributed by atoms with Crippen molar-refractivity contribution < 1.29 is 10.0 Å². The quantitative estimate of drug-likeness (QED) is 0.694. The van der Waals surface area contributed by atoms with E-state index >= 15 is 0 Å². The molecule has 0 aromatic carbocycles. The molecule has 0 heterocycles. The molecule has 2 atom stereocenters. The second-order valence-corrected chi connectivity index (χ2v) is 4.71. The summed E-state index contributed by atoms with van der Waals surface area (Å²) in [6.07, 6.45) is 6.41. The molecule has 2 N–H and O–H groups in total. The summed E-state index contributed by atoms with van der Waals surface area (Å²) in [6.45, 7) is 2.08. The first-order valence-electron chi connectivity index (χ1n) is 5.91. The molecular weight excluding hydrogens is 189 g/mol. The maximum Gasteiger partial charge on any atom is 0.452 e. The van der Waals surface area contributed by atoms with Crippen LogP contribution in [0.15, 0.2) is 0 Å². The molecule has 15 heavy (non-hydrogen) atoms. The first-order valence-corrected chi connectivity index (χ1v) is 5.91. The van der Waals surface area contributed by atoms with Gasteiger partial charge in [-0.15, -0.1) is 0 Å². The van der Waals surface area contributed by atoms with E-state index in [0.717, 1.165) is 0 Å². The van der Waals surface area contributed by atoms with Crippen molar-refractivity contribution in [2.75, 3.05) is 0 Å². The number of nitrogens with zero attached hydrogens (tertiary/aromatic N) is 1. The molecule has 1 aliphatic rings. The van der Waals surface area contributed by atoms with Gasteiger partial charge in [0.15, 0.2) is 0 Å². The van der Waals surface area contributed by atoms with Crippen molar-refractivity contribution in [3.63, 3.8) is 0 Å². The highest BCUT2D eigenvalue weighted by atomic mass is 16.4. The molecule has 0 radical (unpaired) electrons. The minimum atomic E-state index is -1.35. The van der Waals surface area contributed by atoms with Gasteiger partial charge < -0.3 is 10.0 Å². The summed E-state index contributed by atoms with van der Waals surface area (Å²) < 4.78 is 0. The van der Waals surface area contributed by atoms with E-state index in [1.165, 1.54) is 32.1 Å². The van der Waals surface area contributed by atoms with E-state index in [-0.39, 0.29) is 18.2 Å². The van der Waals surface area contributed by atoms with Crippen LogP contribution >= 0.6 is 0 Å². The van der Waals surface area contributed by atoms with E-state index < -0.39 is 7.12 Å². The predicted octanol–water partition coefficient (Wildman–Crippen LogP) is 1.82. The molecule has 1 aliphatic carbocycles. The SMILES string of the molecule is CC(C(C#N)CB(O)O)C1CCCCC1. The zero-order valence-electron chi connectivity index (χ0n) is 9.39. The maximum absolute atomic E-state index is 9.00. The normalized spacial score (nSPS) is 21.7. The molecule has 4 heteroatoms. The summed E-state index contributed by atoms with van der Waals surface area (Å²) in [5.74, 6) is 0.673. The van der Waals surface area contributed by atoms with Gasteiger partial charge in [0, 0.05) is 5.92 Å². The van der Waals surface area contributed by atoms with Crippen molar-refractivity contribution >= 4 is 7.12 Å². The van der Waals surface area contributed by atoms with Gasteiger partial charge in [0.25, 0.3) is 0 Å². The number of rotatable bonds is 4. The van der Waals surface area contributed by atoms with E-state index in [1.54, 1.807) is 0 Å². The molecule has 0 bridgehead atoms. The monoisotopic (exact) mass is 209 g/mol. The fraction of sp³-hybridized carbons (Fsp3) is 0.909. The Kier molecular flexibility index (Phi) is 5.14. The van der Waals surface area contributed by atoms with Crippen molar-refractivity contribution in [3.8, 4) is 6.07 Å². The zero-order valence-corrected chi connectivity index (χ0v) is 9.39. The summed E-state index contributed by atoms with van der Waals surface area (Å²) in [5.41, 5.74) is 0. The molecule has 1 rings (SSSR count). The fourth-order valence-corrected chi connectivity index (χ4v) is 2.60. The predicted molar refractivity (Wildman–Crippen MR) is 59.8 cm³/mol. The Balaban J connectivity index is 2.48. The topological polar surface area (TPSA) is 64.2 Å². The van der Waals surface area contributed by atoms with Crippen LogP contribution < -0.4 is 0 Å². The van der Waals surface area contributed by atoms with Crippen LogP contribution in [-0.4, -0.2) is 17.2 Å². The molecule has 0 aromatic rings. The van der Waals surface area contributed by atoms with E-state index in [1.807, 2.05) is 0 Å². The first kappa shape index (κ1) is 12.5. The summed E-state index contributed by atoms with van der Waals surface area (Å²) in [5, 5.41) is 26.8. The van der Waals surface area contributed by atoms with E-state index in [2.05, 4.69) is 13.0 Å². The molecule has 0 spiro atoms. The summed E-state index contributed by atoms with van der Waals surface area (Å²) in [4.78, 5) is 0. The van der Waals surface area contributed by atoms with Gasteiger partial charge >= 0.3 is 7.12 Å². The van der Waals surface area contributed by atoms with Crippen LogP contribution in [0.25, 0.3) is 0 Å². The van der Waals surface area contributed by atoms with Gasteiger partial charge in [-0.2, -0.15) is 5.26 Å². The van der Waals surface area contributed by atoms with Crippen LogP contribution in [0.2, 0.25) is 6.32 Å². The zero-order chi connectivity index (χ0) is 11.3. The smallest absolute Gasteiger partial charge is 0.427 e. The largest absolute Gasteiger partial charge is 0.452 e. The lowest BCUT2D eigenvalue weighted by molar-refractivity contribution is 0.224. The highest BCUT2D eigenvalue weighted by Gasteiger charge is 2.29. The molecule has 84 valence electrons. The van der Waals surface area contributed by atoms with Crippen molar-refractivity contribution in [2.24, 2.45) is 17.8 Å². The lowest BCUT2D eigenvalue weighted by Gasteiger charge is -2.30. The second-order valence-electron chi connectivity index (χ2n) is 4.71. The second kappa shape index (κ2) is 6.14. The van der Waals surface area contributed by atoms with Gasteiger partial charge in [-0.05, 0) is 18.2 Å². The molecule has 0 saturated heterocycles. The molecule has 0 aromatic heterocycles. The van der Waals surface area contributed by atoms with E-state index in [9.17, 15) is 0 Å².